The van der Waals surface area contributed by atoms with Crippen LogP contribution < -0.4 is 4.90 Å². The molecule has 2 rings (SSSR count). The Bertz CT molecular complexity index is 667. The Morgan fingerprint density at radius 1 is 1.24 bits per heavy atom. The highest BCUT2D eigenvalue weighted by Gasteiger charge is 2.44. The van der Waals surface area contributed by atoms with Crippen molar-refractivity contribution in [1.29, 1.82) is 0 Å². The first kappa shape index (κ1) is 15.5. The van der Waals surface area contributed by atoms with E-state index in [1.54, 1.807) is 0 Å². The monoisotopic (exact) mass is 321 g/mol. The van der Waals surface area contributed by atoms with E-state index in [0.717, 1.165) is 19.1 Å². The summed E-state index contributed by atoms with van der Waals surface area (Å²) in [6.07, 6.45) is -5.79. The number of carbonyl (C=O) groups excluding carboxylic acids is 2. The first-order valence-corrected chi connectivity index (χ1v) is 6.10. The minimum Gasteiger partial charge on any atom is -0.274 e. The van der Waals surface area contributed by atoms with Gasteiger partial charge in [-0.2, -0.15) is 13.2 Å². The van der Waals surface area contributed by atoms with Crippen molar-refractivity contribution < 1.29 is 27.2 Å². The number of nitrogens with zero attached hydrogens (tertiary/aromatic N) is 1. The Balaban J connectivity index is 2.52. The van der Waals surface area contributed by atoms with E-state index in [1.165, 1.54) is 6.07 Å². The van der Waals surface area contributed by atoms with Crippen molar-refractivity contribution in [1.82, 2.24) is 0 Å². The molecule has 0 fully saturated rings. The predicted molar refractivity (Wildman–Crippen MR) is 67.3 cm³/mol. The third kappa shape index (κ3) is 2.78. The molecule has 0 radical (unpaired) electrons. The van der Waals surface area contributed by atoms with Gasteiger partial charge in [-0.1, -0.05) is 11.6 Å². The first-order valence-electron chi connectivity index (χ1n) is 5.72. The molecule has 8 heteroatoms. The highest BCUT2D eigenvalue weighted by atomic mass is 35.5. The van der Waals surface area contributed by atoms with Crippen LogP contribution in [0.4, 0.5) is 23.2 Å². The fourth-order valence-corrected chi connectivity index (χ4v) is 2.15. The Morgan fingerprint density at radius 3 is 2.38 bits per heavy atom. The van der Waals surface area contributed by atoms with Gasteiger partial charge in [-0.3, -0.25) is 9.59 Å². The average Bonchev–Trinajstić information content (AvgIpc) is 2.35. The normalized spacial score (nSPS) is 16.8. The summed E-state index contributed by atoms with van der Waals surface area (Å²) in [5.41, 5.74) is -2.26. The number of amides is 2. The van der Waals surface area contributed by atoms with E-state index < -0.39 is 47.1 Å². The van der Waals surface area contributed by atoms with Crippen LogP contribution in [0.2, 0.25) is 5.02 Å². The molecular weight excluding hydrogens is 314 g/mol. The smallest absolute Gasteiger partial charge is 0.274 e. The van der Waals surface area contributed by atoms with Gasteiger partial charge in [-0.15, -0.1) is 0 Å². The Morgan fingerprint density at radius 2 is 1.86 bits per heavy atom. The fraction of sp³-hybridized carbons (Fsp3) is 0.231. The van der Waals surface area contributed by atoms with Gasteiger partial charge in [0, 0.05) is 10.6 Å². The second-order valence-electron chi connectivity index (χ2n) is 4.41. The lowest BCUT2D eigenvalue weighted by Gasteiger charge is -2.28. The van der Waals surface area contributed by atoms with E-state index >= 15 is 0 Å². The van der Waals surface area contributed by atoms with Crippen LogP contribution in [0.1, 0.15) is 13.3 Å². The van der Waals surface area contributed by atoms with Crippen molar-refractivity contribution >= 4 is 29.1 Å². The van der Waals surface area contributed by atoms with Gasteiger partial charge in [0.05, 0.1) is 17.7 Å². The van der Waals surface area contributed by atoms with Crippen LogP contribution in [0.3, 0.4) is 0 Å². The summed E-state index contributed by atoms with van der Waals surface area (Å²) in [6, 6.07) is 3.17. The quantitative estimate of drug-likeness (QED) is 0.585. The minimum absolute atomic E-state index is 0.0383. The third-order valence-corrected chi connectivity index (χ3v) is 3.28. The summed E-state index contributed by atoms with van der Waals surface area (Å²) in [4.78, 5) is 24.2. The maximum Gasteiger partial charge on any atom is 0.413 e. The number of hydrogen-bond acceptors (Lipinski definition) is 2. The number of halogens is 5. The number of anilines is 1. The van der Waals surface area contributed by atoms with Crippen LogP contribution in [-0.4, -0.2) is 18.0 Å². The van der Waals surface area contributed by atoms with Gasteiger partial charge in [-0.05, 0) is 25.1 Å². The molecule has 21 heavy (non-hydrogen) atoms. The molecule has 2 amide bonds. The summed E-state index contributed by atoms with van der Waals surface area (Å²) in [5.74, 6) is -3.30. The second-order valence-corrected chi connectivity index (χ2v) is 4.84. The highest BCUT2D eigenvalue weighted by Crippen LogP contribution is 2.36. The lowest BCUT2D eigenvalue weighted by atomic mass is 9.98. The van der Waals surface area contributed by atoms with Gasteiger partial charge in [0.1, 0.15) is 5.82 Å². The number of rotatable bonds is 1. The summed E-state index contributed by atoms with van der Waals surface area (Å²) in [7, 11) is 0. The van der Waals surface area contributed by atoms with E-state index in [9.17, 15) is 27.2 Å². The molecule has 1 aliphatic heterocycles. The molecule has 0 bridgehead atoms. The van der Waals surface area contributed by atoms with Crippen LogP contribution in [0.5, 0.6) is 0 Å². The number of hydrogen-bond donors (Lipinski definition) is 0. The van der Waals surface area contributed by atoms with Crippen molar-refractivity contribution in [3.8, 4) is 0 Å². The number of benzene rings is 1. The number of imide groups is 1. The second kappa shape index (κ2) is 5.14. The molecule has 3 nitrogen and oxygen atoms in total. The molecule has 0 spiro atoms. The summed E-state index contributed by atoms with van der Waals surface area (Å²) < 4.78 is 52.0. The van der Waals surface area contributed by atoms with Gasteiger partial charge in [0.15, 0.2) is 0 Å². The van der Waals surface area contributed by atoms with E-state index in [2.05, 4.69) is 0 Å². The van der Waals surface area contributed by atoms with Crippen molar-refractivity contribution in [2.24, 2.45) is 0 Å². The van der Waals surface area contributed by atoms with E-state index in [4.69, 9.17) is 11.6 Å². The molecule has 112 valence electrons. The Kier molecular flexibility index (Phi) is 3.79. The van der Waals surface area contributed by atoms with Crippen LogP contribution in [0.25, 0.3) is 0 Å². The van der Waals surface area contributed by atoms with Crippen molar-refractivity contribution in [2.45, 2.75) is 19.5 Å². The molecule has 0 aliphatic carbocycles. The van der Waals surface area contributed by atoms with Gasteiger partial charge in [0.25, 0.3) is 5.91 Å². The standard InChI is InChI=1S/C13H8ClF4NO2/c1-6-8(13(16,17)18)5-11(20)19(12(6)21)10-3-2-7(14)4-9(10)15/h2-4H,5H2,1H3. The van der Waals surface area contributed by atoms with E-state index in [1.807, 2.05) is 0 Å². The SMILES string of the molecule is CC1=C(C(F)(F)F)CC(=O)N(c2ccc(Cl)cc2F)C1=O. The molecule has 0 saturated carbocycles. The maximum atomic E-state index is 13.8. The van der Waals surface area contributed by atoms with Crippen LogP contribution in [0, 0.1) is 5.82 Å². The Hall–Kier alpha value is -1.89. The molecule has 1 aromatic carbocycles. The summed E-state index contributed by atoms with van der Waals surface area (Å²) in [6.45, 7) is 0.957. The molecule has 0 atom stereocenters. The van der Waals surface area contributed by atoms with Crippen molar-refractivity contribution in [3.63, 3.8) is 0 Å². The zero-order chi connectivity index (χ0) is 15.9. The minimum atomic E-state index is -4.78. The average molecular weight is 322 g/mol. The molecule has 1 aromatic rings. The van der Waals surface area contributed by atoms with Crippen molar-refractivity contribution in [2.75, 3.05) is 4.90 Å². The zero-order valence-electron chi connectivity index (χ0n) is 10.6. The molecule has 0 unspecified atom stereocenters. The highest BCUT2D eigenvalue weighted by molar-refractivity contribution is 6.31. The van der Waals surface area contributed by atoms with Crippen LogP contribution in [0.15, 0.2) is 29.3 Å². The van der Waals surface area contributed by atoms with Gasteiger partial charge in [-0.25, -0.2) is 9.29 Å². The predicted octanol–water partition coefficient (Wildman–Crippen LogP) is 3.62. The summed E-state index contributed by atoms with van der Waals surface area (Å²) >= 11 is 5.55. The lowest BCUT2D eigenvalue weighted by molar-refractivity contribution is -0.130. The van der Waals surface area contributed by atoms with Crippen molar-refractivity contribution in [3.05, 3.63) is 40.2 Å². The first-order chi connectivity index (χ1) is 9.62. The van der Waals surface area contributed by atoms with Gasteiger partial charge >= 0.3 is 6.18 Å². The topological polar surface area (TPSA) is 37.4 Å². The fourth-order valence-electron chi connectivity index (χ4n) is 1.99. The van der Waals surface area contributed by atoms with Crippen LogP contribution in [-0.2, 0) is 9.59 Å². The Labute approximate surface area is 121 Å². The molecule has 1 aliphatic rings. The summed E-state index contributed by atoms with van der Waals surface area (Å²) in [5, 5.41) is 0.0383. The van der Waals surface area contributed by atoms with Gasteiger partial charge < -0.3 is 0 Å². The maximum absolute atomic E-state index is 13.8. The van der Waals surface area contributed by atoms with E-state index in [0.29, 0.717) is 4.90 Å². The lowest BCUT2D eigenvalue weighted by Crippen LogP contribution is -2.44. The molecular formula is C13H8ClF4NO2. The van der Waals surface area contributed by atoms with Gasteiger partial charge in [0.2, 0.25) is 5.91 Å². The molecule has 1 heterocycles. The van der Waals surface area contributed by atoms with E-state index in [-0.39, 0.29) is 5.02 Å². The third-order valence-electron chi connectivity index (χ3n) is 3.05. The molecule has 0 saturated heterocycles. The molecule has 0 aromatic heterocycles. The number of alkyl halides is 3. The number of carbonyl (C=O) groups is 2. The van der Waals surface area contributed by atoms with Crippen LogP contribution >= 0.6 is 11.6 Å². The molecule has 0 N–H and O–H groups in total. The zero-order valence-corrected chi connectivity index (χ0v) is 11.3. The largest absolute Gasteiger partial charge is 0.413 e.